The van der Waals surface area contributed by atoms with Gasteiger partial charge in [-0.15, -0.1) is 0 Å². The van der Waals surface area contributed by atoms with E-state index < -0.39 is 0 Å². The zero-order chi connectivity index (χ0) is 10.6. The van der Waals surface area contributed by atoms with E-state index in [9.17, 15) is 9.59 Å². The maximum atomic E-state index is 11.2. The van der Waals surface area contributed by atoms with Gasteiger partial charge in [-0.1, -0.05) is 0 Å². The molecule has 5 nitrogen and oxygen atoms in total. The molecule has 1 rings (SSSR count). The fourth-order valence-corrected chi connectivity index (χ4v) is 1.11. The molecule has 0 aliphatic heterocycles. The van der Waals surface area contributed by atoms with Gasteiger partial charge in [-0.3, -0.25) is 14.6 Å². The Morgan fingerprint density at radius 2 is 2.36 bits per heavy atom. The van der Waals surface area contributed by atoms with Crippen LogP contribution in [0.3, 0.4) is 0 Å². The Labute approximate surface area is 85.1 Å². The number of hydrogen-bond acceptors (Lipinski definition) is 4. The number of aromatic amines is 2. The van der Waals surface area contributed by atoms with Crippen LogP contribution >= 0.6 is 12.2 Å². The van der Waals surface area contributed by atoms with Crippen molar-refractivity contribution in [3.05, 3.63) is 26.9 Å². The number of nitrogens with one attached hydrogen (secondary N) is 2. The Balaban J connectivity index is 2.73. The summed E-state index contributed by atoms with van der Waals surface area (Å²) in [5.74, 6) is -0.341. The third-order valence-corrected chi connectivity index (χ3v) is 1.94. The highest BCUT2D eigenvalue weighted by Gasteiger charge is 2.04. The average Bonchev–Trinajstić information content (AvgIpc) is 2.16. The van der Waals surface area contributed by atoms with Crippen molar-refractivity contribution in [2.24, 2.45) is 0 Å². The zero-order valence-corrected chi connectivity index (χ0v) is 8.44. The van der Waals surface area contributed by atoms with Crippen LogP contribution in [-0.4, -0.2) is 23.0 Å². The summed E-state index contributed by atoms with van der Waals surface area (Å²) in [6, 6.07) is 0. The summed E-state index contributed by atoms with van der Waals surface area (Å²) in [5, 5.41) is 0. The molecular weight excluding hydrogens is 204 g/mol. The molecule has 0 amide bonds. The van der Waals surface area contributed by atoms with Gasteiger partial charge in [-0.25, -0.2) is 0 Å². The molecule has 0 bridgehead atoms. The first-order valence-corrected chi connectivity index (χ1v) is 4.42. The molecule has 0 atom stereocenters. The van der Waals surface area contributed by atoms with Crippen LogP contribution in [0.25, 0.3) is 0 Å². The number of ether oxygens (including phenoxy) is 1. The Morgan fingerprint density at radius 1 is 1.64 bits per heavy atom. The molecule has 0 spiro atoms. The number of esters is 1. The van der Waals surface area contributed by atoms with Crippen LogP contribution in [0.2, 0.25) is 0 Å². The molecule has 14 heavy (non-hydrogen) atoms. The van der Waals surface area contributed by atoms with E-state index in [0.29, 0.717) is 12.0 Å². The Bertz CT molecular complexity index is 435. The van der Waals surface area contributed by atoms with Gasteiger partial charge in [0.2, 0.25) is 0 Å². The second-order valence-corrected chi connectivity index (χ2v) is 3.08. The van der Waals surface area contributed by atoms with Crippen molar-refractivity contribution in [3.63, 3.8) is 0 Å². The zero-order valence-electron chi connectivity index (χ0n) is 7.62. The van der Waals surface area contributed by atoms with E-state index in [4.69, 9.17) is 12.2 Å². The fourth-order valence-electron chi connectivity index (χ4n) is 0.962. The van der Waals surface area contributed by atoms with Crippen molar-refractivity contribution in [3.8, 4) is 0 Å². The summed E-state index contributed by atoms with van der Waals surface area (Å²) in [6.45, 7) is 0. The number of rotatable bonds is 3. The second-order valence-electron chi connectivity index (χ2n) is 2.67. The molecule has 1 aromatic heterocycles. The van der Waals surface area contributed by atoms with Crippen LogP contribution in [0.4, 0.5) is 0 Å². The van der Waals surface area contributed by atoms with E-state index in [1.54, 1.807) is 0 Å². The Hall–Kier alpha value is -1.43. The smallest absolute Gasteiger partial charge is 0.305 e. The average molecular weight is 214 g/mol. The van der Waals surface area contributed by atoms with Gasteiger partial charge in [0.15, 0.2) is 4.77 Å². The standard InChI is InChI=1S/C8H10N2O3S/c1-13-6(11)3-2-5-4-9-8(14)10-7(5)12/h4H,2-3H2,1H3,(H2,9,10,12,14). The molecule has 0 aliphatic rings. The van der Waals surface area contributed by atoms with E-state index in [0.717, 1.165) is 0 Å². The minimum Gasteiger partial charge on any atom is -0.469 e. The van der Waals surface area contributed by atoms with Crippen molar-refractivity contribution < 1.29 is 9.53 Å². The van der Waals surface area contributed by atoms with Crippen molar-refractivity contribution in [1.29, 1.82) is 0 Å². The lowest BCUT2D eigenvalue weighted by Crippen LogP contribution is -2.15. The van der Waals surface area contributed by atoms with E-state index >= 15 is 0 Å². The predicted octanol–water partition coefficient (Wildman–Crippen LogP) is 0.538. The molecular formula is C8H10N2O3S. The lowest BCUT2D eigenvalue weighted by atomic mass is 10.2. The maximum absolute atomic E-state index is 11.2. The second kappa shape index (κ2) is 4.71. The summed E-state index contributed by atoms with van der Waals surface area (Å²) in [5.41, 5.74) is 0.224. The van der Waals surface area contributed by atoms with E-state index in [-0.39, 0.29) is 22.7 Å². The quantitative estimate of drug-likeness (QED) is 0.568. The normalized spacial score (nSPS) is 9.79. The monoisotopic (exact) mass is 214 g/mol. The largest absolute Gasteiger partial charge is 0.469 e. The van der Waals surface area contributed by atoms with Gasteiger partial charge in [0.05, 0.1) is 7.11 Å². The fraction of sp³-hybridized carbons (Fsp3) is 0.375. The van der Waals surface area contributed by atoms with Crippen LogP contribution in [0.5, 0.6) is 0 Å². The summed E-state index contributed by atoms with van der Waals surface area (Å²) in [4.78, 5) is 27.2. The highest BCUT2D eigenvalue weighted by molar-refractivity contribution is 7.71. The molecule has 6 heteroatoms. The Kier molecular flexibility index (Phi) is 3.58. The predicted molar refractivity (Wildman–Crippen MR) is 52.6 cm³/mol. The van der Waals surface area contributed by atoms with Crippen molar-refractivity contribution in [2.75, 3.05) is 7.11 Å². The van der Waals surface area contributed by atoms with Crippen LogP contribution in [0.1, 0.15) is 12.0 Å². The highest BCUT2D eigenvalue weighted by atomic mass is 32.1. The van der Waals surface area contributed by atoms with Gasteiger partial charge in [0.25, 0.3) is 5.56 Å². The van der Waals surface area contributed by atoms with Crippen LogP contribution < -0.4 is 5.56 Å². The third kappa shape index (κ3) is 2.81. The molecule has 1 heterocycles. The van der Waals surface area contributed by atoms with E-state index in [1.807, 2.05) is 0 Å². The third-order valence-electron chi connectivity index (χ3n) is 1.72. The van der Waals surface area contributed by atoms with Gasteiger partial charge in [-0.05, 0) is 18.6 Å². The molecule has 0 aliphatic carbocycles. The number of H-pyrrole nitrogens is 2. The molecule has 0 saturated carbocycles. The van der Waals surface area contributed by atoms with Crippen molar-refractivity contribution >= 4 is 18.2 Å². The lowest BCUT2D eigenvalue weighted by molar-refractivity contribution is -0.140. The van der Waals surface area contributed by atoms with Crippen molar-refractivity contribution in [2.45, 2.75) is 12.8 Å². The maximum Gasteiger partial charge on any atom is 0.305 e. The molecule has 76 valence electrons. The molecule has 1 aromatic rings. The molecule has 2 N–H and O–H groups in total. The first-order valence-electron chi connectivity index (χ1n) is 4.01. The minimum atomic E-state index is -0.341. The number of carbonyl (C=O) groups excluding carboxylic acids is 1. The number of aryl methyl sites for hydroxylation is 1. The summed E-state index contributed by atoms with van der Waals surface area (Å²) in [6.07, 6.45) is 2.03. The summed E-state index contributed by atoms with van der Waals surface area (Å²) >= 11 is 4.71. The van der Waals surface area contributed by atoms with E-state index in [2.05, 4.69) is 14.7 Å². The summed E-state index contributed by atoms with van der Waals surface area (Å²) < 4.78 is 4.73. The van der Waals surface area contributed by atoms with E-state index in [1.165, 1.54) is 13.3 Å². The number of hydrogen-bond donors (Lipinski definition) is 2. The van der Waals surface area contributed by atoms with Crippen LogP contribution in [0, 0.1) is 4.77 Å². The topological polar surface area (TPSA) is 75.0 Å². The SMILES string of the molecule is COC(=O)CCc1c[nH]c(=S)[nH]c1=O. The first kappa shape index (κ1) is 10.6. The van der Waals surface area contributed by atoms with Crippen LogP contribution in [-0.2, 0) is 16.0 Å². The Morgan fingerprint density at radius 3 is 2.93 bits per heavy atom. The van der Waals surface area contributed by atoms with Gasteiger partial charge < -0.3 is 9.72 Å². The van der Waals surface area contributed by atoms with Gasteiger partial charge >= 0.3 is 5.97 Å². The number of aromatic nitrogens is 2. The number of methoxy groups -OCH3 is 1. The number of carbonyl (C=O) groups is 1. The van der Waals surface area contributed by atoms with Crippen molar-refractivity contribution in [1.82, 2.24) is 9.97 Å². The lowest BCUT2D eigenvalue weighted by Gasteiger charge is -1.98. The molecule has 0 fully saturated rings. The summed E-state index contributed by atoms with van der Waals surface area (Å²) in [7, 11) is 1.31. The van der Waals surface area contributed by atoms with Gasteiger partial charge in [0, 0.05) is 18.2 Å². The van der Waals surface area contributed by atoms with Crippen LogP contribution in [0.15, 0.2) is 11.0 Å². The first-order chi connectivity index (χ1) is 6.63. The minimum absolute atomic E-state index is 0.185. The molecule has 0 radical (unpaired) electrons. The van der Waals surface area contributed by atoms with Gasteiger partial charge in [0.1, 0.15) is 0 Å². The highest BCUT2D eigenvalue weighted by Crippen LogP contribution is 1.95. The van der Waals surface area contributed by atoms with Gasteiger partial charge in [-0.2, -0.15) is 0 Å². The molecule has 0 aromatic carbocycles. The molecule has 0 saturated heterocycles. The molecule has 0 unspecified atom stereocenters.